The number of rotatable bonds is 7. The number of nitrogens with zero attached hydrogens (tertiary/aromatic N) is 4. The molecule has 2 aliphatic rings. The van der Waals surface area contributed by atoms with E-state index < -0.39 is 11.9 Å². The van der Waals surface area contributed by atoms with Gasteiger partial charge in [0.15, 0.2) is 18.5 Å². The smallest absolute Gasteiger partial charge is 0.260 e. The fourth-order valence-corrected chi connectivity index (χ4v) is 5.55. The van der Waals surface area contributed by atoms with Crippen molar-refractivity contribution in [3.63, 3.8) is 0 Å². The minimum atomic E-state index is -0.566. The van der Waals surface area contributed by atoms with Gasteiger partial charge in [0, 0.05) is 42.6 Å². The van der Waals surface area contributed by atoms with Gasteiger partial charge in [-0.1, -0.05) is 22.8 Å². The first-order valence-corrected chi connectivity index (χ1v) is 12.8. The van der Waals surface area contributed by atoms with Crippen LogP contribution in [0.4, 0.5) is 4.39 Å². The maximum absolute atomic E-state index is 14.3. The van der Waals surface area contributed by atoms with Crippen LogP contribution in [-0.2, 0) is 9.63 Å². The number of pyridine rings is 1. The molecule has 0 bridgehead atoms. The van der Waals surface area contributed by atoms with Crippen LogP contribution in [0.25, 0.3) is 0 Å². The van der Waals surface area contributed by atoms with Crippen LogP contribution in [0.15, 0.2) is 47.1 Å². The van der Waals surface area contributed by atoms with Crippen molar-refractivity contribution in [1.29, 1.82) is 0 Å². The number of aromatic nitrogens is 2. The van der Waals surface area contributed by atoms with Crippen molar-refractivity contribution >= 4 is 34.6 Å². The van der Waals surface area contributed by atoms with E-state index in [1.54, 1.807) is 35.4 Å². The van der Waals surface area contributed by atoms with E-state index in [1.165, 1.54) is 24.5 Å². The summed E-state index contributed by atoms with van der Waals surface area (Å²) < 4.78 is 25.0. The Morgan fingerprint density at radius 3 is 2.89 bits per heavy atom. The van der Waals surface area contributed by atoms with Gasteiger partial charge in [0.05, 0.1) is 17.8 Å². The molecule has 5 rings (SSSR count). The van der Waals surface area contributed by atoms with Gasteiger partial charge in [-0.2, -0.15) is 0 Å². The SMILES string of the molecule is COc1cccnc1OCC(=O)N1CCC(c2csc(C3=NOC(c4c(F)cccc4Cl)C3)n2)CC1. The minimum absolute atomic E-state index is 0.0876. The summed E-state index contributed by atoms with van der Waals surface area (Å²) in [6.45, 7) is 1.15. The molecule has 1 unspecified atom stereocenters. The normalized spacial score (nSPS) is 18.0. The van der Waals surface area contributed by atoms with E-state index in [0.29, 0.717) is 47.4 Å². The van der Waals surface area contributed by atoms with E-state index in [1.807, 2.05) is 5.38 Å². The molecule has 188 valence electrons. The van der Waals surface area contributed by atoms with E-state index in [-0.39, 0.29) is 18.4 Å². The molecule has 1 amide bonds. The van der Waals surface area contributed by atoms with Crippen LogP contribution >= 0.6 is 22.9 Å². The number of amides is 1. The Morgan fingerprint density at radius 1 is 1.28 bits per heavy atom. The van der Waals surface area contributed by atoms with Crippen molar-refractivity contribution in [2.75, 3.05) is 26.8 Å². The number of hydrogen-bond donors (Lipinski definition) is 0. The van der Waals surface area contributed by atoms with Gasteiger partial charge in [-0.15, -0.1) is 11.3 Å². The monoisotopic (exact) mass is 530 g/mol. The molecule has 2 aromatic heterocycles. The van der Waals surface area contributed by atoms with E-state index >= 15 is 0 Å². The van der Waals surface area contributed by atoms with Crippen molar-refractivity contribution in [3.8, 4) is 11.6 Å². The van der Waals surface area contributed by atoms with Crippen LogP contribution in [0, 0.1) is 5.82 Å². The third-order valence-electron chi connectivity index (χ3n) is 6.31. The second kappa shape index (κ2) is 10.8. The molecule has 3 aromatic rings. The number of halogens is 2. The Kier molecular flexibility index (Phi) is 7.33. The summed E-state index contributed by atoms with van der Waals surface area (Å²) in [4.78, 5) is 28.8. The molecule has 0 N–H and O–H groups in total. The van der Waals surface area contributed by atoms with E-state index in [9.17, 15) is 9.18 Å². The van der Waals surface area contributed by atoms with Gasteiger partial charge in [0.1, 0.15) is 16.5 Å². The lowest BCUT2D eigenvalue weighted by Gasteiger charge is -2.31. The molecular weight excluding hydrogens is 507 g/mol. The van der Waals surface area contributed by atoms with Crippen molar-refractivity contribution in [2.45, 2.75) is 31.3 Å². The standard InChI is InChI=1S/C25H24ClFN4O4S/c1-33-20-6-3-9-28-24(20)34-13-22(32)31-10-7-15(8-11-31)19-14-36-25(29-19)18-12-21(35-30-18)23-16(26)4-2-5-17(23)27/h2-6,9,14-15,21H,7-8,10-13H2,1H3. The fraction of sp³-hybridized carbons (Fsp3) is 0.360. The number of methoxy groups -OCH3 is 1. The lowest BCUT2D eigenvalue weighted by atomic mass is 9.94. The zero-order chi connectivity index (χ0) is 25.1. The molecule has 0 radical (unpaired) electrons. The molecule has 8 nitrogen and oxygen atoms in total. The number of oxime groups is 1. The zero-order valence-corrected chi connectivity index (χ0v) is 21.1. The number of ether oxygens (including phenoxy) is 2. The number of hydrogen-bond acceptors (Lipinski definition) is 8. The first-order valence-electron chi connectivity index (χ1n) is 11.6. The largest absolute Gasteiger partial charge is 0.491 e. The van der Waals surface area contributed by atoms with Gasteiger partial charge in [0.2, 0.25) is 0 Å². The predicted octanol–water partition coefficient (Wildman–Crippen LogP) is 4.99. The zero-order valence-electron chi connectivity index (χ0n) is 19.5. The van der Waals surface area contributed by atoms with Crippen LogP contribution in [0.1, 0.15) is 47.5 Å². The summed E-state index contributed by atoms with van der Waals surface area (Å²) in [7, 11) is 1.53. The van der Waals surface area contributed by atoms with Crippen LogP contribution in [0.2, 0.25) is 5.02 Å². The molecule has 2 aliphatic heterocycles. The molecule has 1 saturated heterocycles. The molecule has 1 aromatic carbocycles. The number of piperidine rings is 1. The molecule has 1 atom stereocenters. The quantitative estimate of drug-likeness (QED) is 0.428. The lowest BCUT2D eigenvalue weighted by molar-refractivity contribution is -0.134. The summed E-state index contributed by atoms with van der Waals surface area (Å²) in [6.07, 6.45) is 3.04. The maximum atomic E-state index is 14.3. The van der Waals surface area contributed by atoms with Gasteiger partial charge in [-0.05, 0) is 37.1 Å². The van der Waals surface area contributed by atoms with Crippen molar-refractivity contribution in [3.05, 3.63) is 69.0 Å². The Labute approximate surface area is 216 Å². The Bertz CT molecular complexity index is 1260. The van der Waals surface area contributed by atoms with Crippen LogP contribution in [0.5, 0.6) is 11.6 Å². The number of carbonyl (C=O) groups excluding carboxylic acids is 1. The second-order valence-corrected chi connectivity index (χ2v) is 9.77. The summed E-state index contributed by atoms with van der Waals surface area (Å²) in [5.41, 5.74) is 1.98. The van der Waals surface area contributed by atoms with Crippen molar-refractivity contribution in [1.82, 2.24) is 14.9 Å². The topological polar surface area (TPSA) is 86.1 Å². The molecule has 4 heterocycles. The third-order valence-corrected chi connectivity index (χ3v) is 7.55. The molecule has 0 saturated carbocycles. The van der Waals surface area contributed by atoms with Crippen LogP contribution in [-0.4, -0.2) is 53.3 Å². The highest BCUT2D eigenvalue weighted by molar-refractivity contribution is 7.11. The third kappa shape index (κ3) is 5.15. The highest BCUT2D eigenvalue weighted by atomic mass is 35.5. The van der Waals surface area contributed by atoms with E-state index in [4.69, 9.17) is 30.9 Å². The first kappa shape index (κ1) is 24.5. The van der Waals surface area contributed by atoms with Gasteiger partial charge in [-0.25, -0.2) is 14.4 Å². The van der Waals surface area contributed by atoms with Crippen LogP contribution < -0.4 is 9.47 Å². The Hall–Kier alpha value is -3.24. The van der Waals surface area contributed by atoms with E-state index in [0.717, 1.165) is 23.5 Å². The van der Waals surface area contributed by atoms with Gasteiger partial charge in [0.25, 0.3) is 11.8 Å². The van der Waals surface area contributed by atoms with Crippen molar-refractivity contribution in [2.24, 2.45) is 5.16 Å². The average Bonchev–Trinajstić information content (AvgIpc) is 3.58. The second-order valence-electron chi connectivity index (χ2n) is 8.50. The summed E-state index contributed by atoms with van der Waals surface area (Å²) in [5.74, 6) is 0.543. The molecular formula is C25H24ClFN4O4S. The average molecular weight is 531 g/mol. The molecule has 1 fully saturated rings. The molecule has 0 aliphatic carbocycles. The van der Waals surface area contributed by atoms with Gasteiger partial charge < -0.3 is 19.2 Å². The van der Waals surface area contributed by atoms with Crippen molar-refractivity contribution < 1.29 is 23.5 Å². The van der Waals surface area contributed by atoms with E-state index in [2.05, 4.69) is 10.1 Å². The van der Waals surface area contributed by atoms with Gasteiger partial charge >= 0.3 is 0 Å². The number of likely N-dealkylation sites (tertiary alicyclic amines) is 1. The molecule has 11 heteroatoms. The fourth-order valence-electron chi connectivity index (χ4n) is 4.37. The summed E-state index contributed by atoms with van der Waals surface area (Å²) in [6, 6.07) is 8.04. The lowest BCUT2D eigenvalue weighted by Crippen LogP contribution is -2.40. The summed E-state index contributed by atoms with van der Waals surface area (Å²) >= 11 is 7.67. The van der Waals surface area contributed by atoms with Gasteiger partial charge in [-0.3, -0.25) is 4.79 Å². The highest BCUT2D eigenvalue weighted by Crippen LogP contribution is 2.37. The van der Waals surface area contributed by atoms with Crippen LogP contribution in [0.3, 0.4) is 0 Å². The highest BCUT2D eigenvalue weighted by Gasteiger charge is 2.31. The summed E-state index contributed by atoms with van der Waals surface area (Å²) in [5, 5.41) is 7.27. The number of benzene rings is 1. The Balaban J connectivity index is 1.14. The predicted molar refractivity (Wildman–Crippen MR) is 133 cm³/mol. The maximum Gasteiger partial charge on any atom is 0.260 e. The first-order chi connectivity index (χ1) is 17.5. The number of thiazole rings is 1. The minimum Gasteiger partial charge on any atom is -0.491 e. The molecule has 0 spiro atoms. The molecule has 36 heavy (non-hydrogen) atoms. The Morgan fingerprint density at radius 2 is 2.11 bits per heavy atom. The number of carbonyl (C=O) groups is 1.